The van der Waals surface area contributed by atoms with Crippen LogP contribution in [0.3, 0.4) is 0 Å². The summed E-state index contributed by atoms with van der Waals surface area (Å²) in [6, 6.07) is 27.7. The molecule has 0 bridgehead atoms. The van der Waals surface area contributed by atoms with Crippen LogP contribution in [0.5, 0.6) is 11.6 Å². The Hall–Kier alpha value is -3.79. The highest BCUT2D eigenvalue weighted by Crippen LogP contribution is 2.24. The van der Waals surface area contributed by atoms with Crippen molar-refractivity contribution < 1.29 is 9.53 Å². The molecule has 2 heterocycles. The summed E-state index contributed by atoms with van der Waals surface area (Å²) in [5.41, 5.74) is 4.24. The maximum absolute atomic E-state index is 12.6. The molecule has 0 radical (unpaired) electrons. The normalized spacial score (nSPS) is 11.6. The number of ether oxygens (including phenoxy) is 1. The largest absolute Gasteiger partial charge is 0.437 e. The Morgan fingerprint density at radius 3 is 2.26 bits per heavy atom. The number of hydrogen-bond acceptors (Lipinski definition) is 4. The number of ketones is 1. The van der Waals surface area contributed by atoms with E-state index in [9.17, 15) is 4.79 Å². The second-order valence-electron chi connectivity index (χ2n) is 7.57. The van der Waals surface area contributed by atoms with Crippen LogP contribution in [0.15, 0.2) is 97.3 Å². The summed E-state index contributed by atoms with van der Waals surface area (Å²) in [6.07, 6.45) is 4.24. The van der Waals surface area contributed by atoms with Crippen LogP contribution >= 0.6 is 0 Å². The van der Waals surface area contributed by atoms with Gasteiger partial charge in [0.15, 0.2) is 0 Å². The van der Waals surface area contributed by atoms with E-state index < -0.39 is 0 Å². The highest BCUT2D eigenvalue weighted by atomic mass is 16.5. The molecule has 4 aromatic rings. The lowest BCUT2D eigenvalue weighted by molar-refractivity contribution is -0.118. The molecular weight excluding hydrogens is 384 g/mol. The molecule has 0 aliphatic heterocycles. The van der Waals surface area contributed by atoms with Crippen LogP contribution < -0.4 is 4.74 Å². The Balaban J connectivity index is 1.32. The zero-order valence-corrected chi connectivity index (χ0v) is 17.4. The average Bonchev–Trinajstić information content (AvgIpc) is 2.81. The molecule has 0 N–H and O–H groups in total. The third-order valence-electron chi connectivity index (χ3n) is 5.12. The fourth-order valence-electron chi connectivity index (χ4n) is 3.46. The van der Waals surface area contributed by atoms with Gasteiger partial charge in [-0.2, -0.15) is 0 Å². The Kier molecular flexibility index (Phi) is 6.48. The van der Waals surface area contributed by atoms with Crippen molar-refractivity contribution >= 4 is 5.78 Å². The first-order valence-corrected chi connectivity index (χ1v) is 10.4. The maximum Gasteiger partial charge on any atom is 0.219 e. The Labute approximate surface area is 182 Å². The Bertz CT molecular complexity index is 1110. The van der Waals surface area contributed by atoms with E-state index in [2.05, 4.69) is 34.2 Å². The molecule has 0 saturated heterocycles. The van der Waals surface area contributed by atoms with Gasteiger partial charge in [0.05, 0.1) is 6.20 Å². The molecular formula is C27H24N2O2. The van der Waals surface area contributed by atoms with E-state index in [0.29, 0.717) is 24.5 Å². The Morgan fingerprint density at radius 1 is 0.839 bits per heavy atom. The average molecular weight is 409 g/mol. The van der Waals surface area contributed by atoms with Crippen molar-refractivity contribution in [1.29, 1.82) is 0 Å². The van der Waals surface area contributed by atoms with Gasteiger partial charge < -0.3 is 4.74 Å². The predicted molar refractivity (Wildman–Crippen MR) is 122 cm³/mol. The number of rotatable bonds is 8. The summed E-state index contributed by atoms with van der Waals surface area (Å²) in [6.45, 7) is 2.03. The van der Waals surface area contributed by atoms with Crippen molar-refractivity contribution in [3.63, 3.8) is 0 Å². The first kappa shape index (κ1) is 20.5. The van der Waals surface area contributed by atoms with Gasteiger partial charge in [-0.25, -0.2) is 4.98 Å². The van der Waals surface area contributed by atoms with E-state index in [-0.39, 0.29) is 11.7 Å². The molecule has 0 amide bonds. The van der Waals surface area contributed by atoms with Crippen LogP contribution in [0.4, 0.5) is 0 Å². The van der Waals surface area contributed by atoms with Crippen LogP contribution in [-0.2, 0) is 11.2 Å². The van der Waals surface area contributed by atoms with Crippen LogP contribution in [0.2, 0.25) is 0 Å². The predicted octanol–water partition coefficient (Wildman–Crippen LogP) is 6.24. The second kappa shape index (κ2) is 9.81. The topological polar surface area (TPSA) is 52.1 Å². The van der Waals surface area contributed by atoms with E-state index in [0.717, 1.165) is 16.8 Å². The summed E-state index contributed by atoms with van der Waals surface area (Å²) in [7, 11) is 0. The van der Waals surface area contributed by atoms with Crippen LogP contribution in [0.1, 0.15) is 30.5 Å². The van der Waals surface area contributed by atoms with Gasteiger partial charge in [0.1, 0.15) is 11.5 Å². The zero-order chi connectivity index (χ0) is 21.5. The lowest BCUT2D eigenvalue weighted by Gasteiger charge is -2.11. The lowest BCUT2D eigenvalue weighted by Crippen LogP contribution is -2.08. The molecule has 31 heavy (non-hydrogen) atoms. The quantitative estimate of drug-likeness (QED) is 0.346. The van der Waals surface area contributed by atoms with Crippen LogP contribution in [0, 0.1) is 0 Å². The van der Waals surface area contributed by atoms with Gasteiger partial charge in [-0.05, 0) is 34.9 Å². The molecule has 154 valence electrons. The van der Waals surface area contributed by atoms with E-state index in [4.69, 9.17) is 4.74 Å². The third kappa shape index (κ3) is 5.64. The summed E-state index contributed by atoms with van der Waals surface area (Å²) in [4.78, 5) is 21.2. The van der Waals surface area contributed by atoms with Crippen molar-refractivity contribution in [2.24, 2.45) is 0 Å². The molecule has 0 saturated carbocycles. The van der Waals surface area contributed by atoms with Crippen molar-refractivity contribution in [3.8, 4) is 22.8 Å². The van der Waals surface area contributed by atoms with Gasteiger partial charge in [-0.15, -0.1) is 0 Å². The summed E-state index contributed by atoms with van der Waals surface area (Å²) in [5.74, 6) is 1.40. The number of benzene rings is 2. The minimum Gasteiger partial charge on any atom is -0.437 e. The van der Waals surface area contributed by atoms with Crippen LogP contribution in [-0.4, -0.2) is 15.8 Å². The van der Waals surface area contributed by atoms with Crippen molar-refractivity contribution in [3.05, 3.63) is 109 Å². The summed E-state index contributed by atoms with van der Waals surface area (Å²) < 4.78 is 5.67. The van der Waals surface area contributed by atoms with Gasteiger partial charge in [0.2, 0.25) is 5.88 Å². The number of nitrogens with zero attached hydrogens (tertiary/aromatic N) is 2. The molecule has 4 nitrogen and oxygen atoms in total. The smallest absolute Gasteiger partial charge is 0.219 e. The van der Waals surface area contributed by atoms with Gasteiger partial charge in [-0.1, -0.05) is 67.6 Å². The zero-order valence-electron chi connectivity index (χ0n) is 17.4. The highest BCUT2D eigenvalue weighted by Gasteiger charge is 2.14. The standard InChI is InChI=1S/C27H24N2O2/c1-20(26-15-14-25(19-29-26)31-27-9-5-6-16-28-27)17-24(30)18-21-10-12-23(13-11-21)22-7-3-2-4-8-22/h2-16,19-20H,17-18H2,1H3/t20-/m0/s1. The lowest BCUT2D eigenvalue weighted by atomic mass is 9.96. The molecule has 4 heteroatoms. The SMILES string of the molecule is C[C@@H](CC(=O)Cc1ccc(-c2ccccc2)cc1)c1ccc(Oc2ccccn2)cn1. The van der Waals surface area contributed by atoms with Gasteiger partial charge in [0, 0.05) is 36.7 Å². The fourth-order valence-corrected chi connectivity index (χ4v) is 3.46. The van der Waals surface area contributed by atoms with Crippen LogP contribution in [0.25, 0.3) is 11.1 Å². The number of hydrogen-bond donors (Lipinski definition) is 0. The number of carbonyl (C=O) groups excluding carboxylic acids is 1. The van der Waals surface area contributed by atoms with E-state index >= 15 is 0 Å². The molecule has 2 aromatic carbocycles. The van der Waals surface area contributed by atoms with E-state index in [1.54, 1.807) is 18.5 Å². The number of carbonyl (C=O) groups is 1. The molecule has 0 aliphatic rings. The molecule has 4 rings (SSSR count). The maximum atomic E-state index is 12.6. The molecule has 0 spiro atoms. The molecule has 0 fully saturated rings. The molecule has 0 unspecified atom stereocenters. The summed E-state index contributed by atoms with van der Waals surface area (Å²) in [5, 5.41) is 0. The monoisotopic (exact) mass is 408 g/mol. The number of aromatic nitrogens is 2. The number of pyridine rings is 2. The minimum absolute atomic E-state index is 0.0417. The van der Waals surface area contributed by atoms with Gasteiger partial charge in [-0.3, -0.25) is 9.78 Å². The van der Waals surface area contributed by atoms with Gasteiger partial charge >= 0.3 is 0 Å². The molecule has 2 aromatic heterocycles. The van der Waals surface area contributed by atoms with Crippen molar-refractivity contribution in [1.82, 2.24) is 9.97 Å². The number of Topliss-reactive ketones (excluding diaryl/α,β-unsaturated/α-hetero) is 1. The third-order valence-corrected chi connectivity index (χ3v) is 5.12. The molecule has 1 atom stereocenters. The fraction of sp³-hybridized carbons (Fsp3) is 0.148. The Morgan fingerprint density at radius 2 is 1.58 bits per heavy atom. The van der Waals surface area contributed by atoms with Crippen molar-refractivity contribution in [2.75, 3.05) is 0 Å². The van der Waals surface area contributed by atoms with Gasteiger partial charge in [0.25, 0.3) is 0 Å². The highest BCUT2D eigenvalue weighted by molar-refractivity contribution is 5.81. The summed E-state index contributed by atoms with van der Waals surface area (Å²) >= 11 is 0. The minimum atomic E-state index is 0.0417. The van der Waals surface area contributed by atoms with Crippen molar-refractivity contribution in [2.45, 2.75) is 25.7 Å². The molecule has 0 aliphatic carbocycles. The second-order valence-corrected chi connectivity index (χ2v) is 7.57. The van der Waals surface area contributed by atoms with E-state index in [1.165, 1.54) is 5.56 Å². The first-order chi connectivity index (χ1) is 15.2. The first-order valence-electron chi connectivity index (χ1n) is 10.4. The van der Waals surface area contributed by atoms with E-state index in [1.807, 2.05) is 61.5 Å².